The van der Waals surface area contributed by atoms with E-state index >= 15 is 0 Å². The second-order valence-electron chi connectivity index (χ2n) is 3.76. The first-order valence-corrected chi connectivity index (χ1v) is 6.48. The molecule has 0 N–H and O–H groups in total. The first-order chi connectivity index (χ1) is 8.90. The first kappa shape index (κ1) is 14.3. The Hall–Kier alpha value is -1.10. The number of benzene rings is 1. The molecule has 19 heavy (non-hydrogen) atoms. The molecule has 1 heterocycles. The zero-order valence-electron chi connectivity index (χ0n) is 10.2. The van der Waals surface area contributed by atoms with Gasteiger partial charge in [-0.05, 0) is 31.2 Å². The molecular weight excluding hydrogens is 309 g/mol. The molecule has 100 valence electrons. The Balaban J connectivity index is 2.46. The van der Waals surface area contributed by atoms with E-state index in [1.807, 2.05) is 24.3 Å². The molecule has 1 aromatic carbocycles. The third-order valence-corrected chi connectivity index (χ3v) is 2.86. The second kappa shape index (κ2) is 5.49. The van der Waals surface area contributed by atoms with Crippen LogP contribution in [0.1, 0.15) is 11.6 Å². The summed E-state index contributed by atoms with van der Waals surface area (Å²) in [4.78, 5) is 12.4. The summed E-state index contributed by atoms with van der Waals surface area (Å²) in [5.74, 6) is 1.80. The lowest BCUT2D eigenvalue weighted by molar-refractivity contribution is 0.415. The molecule has 0 saturated carbocycles. The van der Waals surface area contributed by atoms with E-state index in [2.05, 4.69) is 15.0 Å². The van der Waals surface area contributed by atoms with Gasteiger partial charge in [-0.2, -0.15) is 0 Å². The maximum absolute atomic E-state index is 5.80. The summed E-state index contributed by atoms with van der Waals surface area (Å²) in [6.45, 7) is 1.72. The smallest absolute Gasteiger partial charge is 0.250 e. The van der Waals surface area contributed by atoms with Gasteiger partial charge in [-0.1, -0.05) is 34.8 Å². The molecule has 0 aliphatic rings. The summed E-state index contributed by atoms with van der Waals surface area (Å²) < 4.78 is 3.42. The maximum Gasteiger partial charge on any atom is 0.250 e. The van der Waals surface area contributed by atoms with Crippen LogP contribution in [0.15, 0.2) is 24.3 Å². The van der Waals surface area contributed by atoms with Crippen molar-refractivity contribution in [3.8, 4) is 17.1 Å². The highest BCUT2D eigenvalue weighted by Gasteiger charge is 2.27. The van der Waals surface area contributed by atoms with Gasteiger partial charge in [0.15, 0.2) is 11.6 Å². The zero-order valence-corrected chi connectivity index (χ0v) is 12.5. The molecule has 0 atom stereocenters. The molecule has 0 bridgehead atoms. The number of hydrogen-bond acceptors (Lipinski definition) is 4. The van der Waals surface area contributed by atoms with Crippen LogP contribution in [0.2, 0.25) is 0 Å². The van der Waals surface area contributed by atoms with Gasteiger partial charge >= 0.3 is 0 Å². The number of ether oxygens (including phenoxy) is 1. The summed E-state index contributed by atoms with van der Waals surface area (Å²) in [5, 5.41) is 0. The van der Waals surface area contributed by atoms with Crippen LogP contribution < -0.4 is 4.74 Å². The summed E-state index contributed by atoms with van der Waals surface area (Å²) in [6.07, 6.45) is 0. The van der Waals surface area contributed by atoms with Crippen molar-refractivity contribution >= 4 is 34.8 Å². The van der Waals surface area contributed by atoms with Crippen molar-refractivity contribution in [2.75, 3.05) is 7.11 Å². The van der Waals surface area contributed by atoms with E-state index in [4.69, 9.17) is 39.5 Å². The molecule has 2 aromatic rings. The van der Waals surface area contributed by atoms with Crippen LogP contribution in [-0.2, 0) is 3.79 Å². The number of aromatic nitrogens is 3. The molecular formula is C12H10Cl3N3O. The molecule has 0 aliphatic carbocycles. The molecule has 0 spiro atoms. The Morgan fingerprint density at radius 2 is 1.63 bits per heavy atom. The van der Waals surface area contributed by atoms with Crippen LogP contribution in [0.4, 0.5) is 0 Å². The highest BCUT2D eigenvalue weighted by atomic mass is 35.6. The van der Waals surface area contributed by atoms with E-state index in [1.54, 1.807) is 14.0 Å². The zero-order chi connectivity index (χ0) is 14.0. The van der Waals surface area contributed by atoms with Crippen LogP contribution >= 0.6 is 34.8 Å². The van der Waals surface area contributed by atoms with E-state index in [9.17, 15) is 0 Å². The lowest BCUT2D eigenvalue weighted by atomic mass is 10.2. The Bertz CT molecular complexity index is 582. The van der Waals surface area contributed by atoms with Crippen molar-refractivity contribution in [1.82, 2.24) is 15.0 Å². The molecule has 7 heteroatoms. The van der Waals surface area contributed by atoms with Crippen LogP contribution in [0.25, 0.3) is 11.4 Å². The molecule has 0 fully saturated rings. The van der Waals surface area contributed by atoms with Gasteiger partial charge in [0.1, 0.15) is 11.6 Å². The van der Waals surface area contributed by atoms with Crippen LogP contribution in [0.5, 0.6) is 5.75 Å². The Morgan fingerprint density at radius 1 is 1.00 bits per heavy atom. The van der Waals surface area contributed by atoms with E-state index in [0.717, 1.165) is 11.3 Å². The Morgan fingerprint density at radius 3 is 2.16 bits per heavy atom. The fourth-order valence-corrected chi connectivity index (χ4v) is 1.73. The van der Waals surface area contributed by atoms with Crippen LogP contribution in [-0.4, -0.2) is 22.1 Å². The number of hydrogen-bond donors (Lipinski definition) is 0. The summed E-state index contributed by atoms with van der Waals surface area (Å²) in [7, 11) is 1.60. The monoisotopic (exact) mass is 317 g/mol. The van der Waals surface area contributed by atoms with Crippen molar-refractivity contribution in [3.05, 3.63) is 35.9 Å². The normalized spacial score (nSPS) is 11.4. The number of halogens is 3. The predicted molar refractivity (Wildman–Crippen MR) is 75.8 cm³/mol. The number of nitrogens with zero attached hydrogens (tertiary/aromatic N) is 3. The third kappa shape index (κ3) is 3.47. The Labute approximate surface area is 125 Å². The minimum absolute atomic E-state index is 0.107. The van der Waals surface area contributed by atoms with Gasteiger partial charge in [0.25, 0.3) is 0 Å². The molecule has 0 aliphatic heterocycles. The van der Waals surface area contributed by atoms with E-state index < -0.39 is 3.79 Å². The van der Waals surface area contributed by atoms with Crippen molar-refractivity contribution < 1.29 is 4.74 Å². The average Bonchev–Trinajstić information content (AvgIpc) is 2.37. The van der Waals surface area contributed by atoms with Gasteiger partial charge in [-0.3, -0.25) is 0 Å². The van der Waals surface area contributed by atoms with E-state index in [0.29, 0.717) is 11.6 Å². The molecule has 2 rings (SSSR count). The predicted octanol–water partition coefficient (Wildman–Crippen LogP) is 3.68. The highest BCUT2D eigenvalue weighted by Crippen LogP contribution is 2.36. The Kier molecular flexibility index (Phi) is 4.13. The van der Waals surface area contributed by atoms with Gasteiger partial charge in [0.2, 0.25) is 3.79 Å². The summed E-state index contributed by atoms with van der Waals surface area (Å²) in [5.41, 5.74) is 0.793. The number of methoxy groups -OCH3 is 1. The largest absolute Gasteiger partial charge is 0.497 e. The minimum Gasteiger partial charge on any atom is -0.497 e. The van der Waals surface area contributed by atoms with Crippen molar-refractivity contribution in [2.45, 2.75) is 10.7 Å². The molecule has 0 unspecified atom stereocenters. The number of aryl methyl sites for hydroxylation is 1. The van der Waals surface area contributed by atoms with Crippen molar-refractivity contribution in [1.29, 1.82) is 0 Å². The summed E-state index contributed by atoms with van der Waals surface area (Å²) >= 11 is 17.4. The van der Waals surface area contributed by atoms with Crippen LogP contribution in [0, 0.1) is 6.92 Å². The SMILES string of the molecule is COc1ccc(-c2nc(C)nc(C(Cl)(Cl)Cl)n2)cc1. The van der Waals surface area contributed by atoms with E-state index in [-0.39, 0.29) is 5.82 Å². The maximum atomic E-state index is 5.80. The first-order valence-electron chi connectivity index (χ1n) is 5.34. The lowest BCUT2D eigenvalue weighted by Gasteiger charge is -2.11. The van der Waals surface area contributed by atoms with Gasteiger partial charge in [-0.25, -0.2) is 15.0 Å². The molecule has 0 saturated heterocycles. The quantitative estimate of drug-likeness (QED) is 0.793. The van der Waals surface area contributed by atoms with Crippen LogP contribution in [0.3, 0.4) is 0 Å². The molecule has 0 amide bonds. The fourth-order valence-electron chi connectivity index (χ4n) is 1.48. The van der Waals surface area contributed by atoms with Gasteiger partial charge in [0.05, 0.1) is 7.11 Å². The third-order valence-electron chi connectivity index (χ3n) is 2.35. The van der Waals surface area contributed by atoms with E-state index in [1.165, 1.54) is 0 Å². The highest BCUT2D eigenvalue weighted by molar-refractivity contribution is 6.66. The standard InChI is InChI=1S/C12H10Cl3N3O/c1-7-16-10(18-11(17-7)12(13,14)15)8-3-5-9(19-2)6-4-8/h3-6H,1-2H3. The average molecular weight is 319 g/mol. The molecule has 0 radical (unpaired) electrons. The molecule has 1 aromatic heterocycles. The number of rotatable bonds is 2. The van der Waals surface area contributed by atoms with Crippen molar-refractivity contribution in [3.63, 3.8) is 0 Å². The van der Waals surface area contributed by atoms with Gasteiger partial charge in [0, 0.05) is 5.56 Å². The second-order valence-corrected chi connectivity index (χ2v) is 6.04. The lowest BCUT2D eigenvalue weighted by Crippen LogP contribution is -2.10. The summed E-state index contributed by atoms with van der Waals surface area (Å²) in [6, 6.07) is 7.28. The topological polar surface area (TPSA) is 47.9 Å². The fraction of sp³-hybridized carbons (Fsp3) is 0.250. The van der Waals surface area contributed by atoms with Crippen molar-refractivity contribution in [2.24, 2.45) is 0 Å². The number of alkyl halides is 3. The van der Waals surface area contributed by atoms with Gasteiger partial charge < -0.3 is 4.74 Å². The molecule has 4 nitrogen and oxygen atoms in total. The minimum atomic E-state index is -1.67. The van der Waals surface area contributed by atoms with Gasteiger partial charge in [-0.15, -0.1) is 0 Å².